The molecule has 0 aromatic heterocycles. The Balaban J connectivity index is 1.43. The number of carbonyl (C=O) groups is 1. The van der Waals surface area contributed by atoms with Gasteiger partial charge in [-0.2, -0.15) is 0 Å². The molecule has 7 atom stereocenters. The number of unbranched alkanes of at least 4 members (excludes halogenated alkanes) is 1. The first-order chi connectivity index (χ1) is 19.5. The Kier molecular flexibility index (Phi) is 13.0. The van der Waals surface area contributed by atoms with Gasteiger partial charge in [0, 0.05) is 37.9 Å². The summed E-state index contributed by atoms with van der Waals surface area (Å²) >= 11 is 0. The van der Waals surface area contributed by atoms with Crippen molar-refractivity contribution in [1.82, 2.24) is 0 Å². The first kappa shape index (κ1) is 31.7. The van der Waals surface area contributed by atoms with Gasteiger partial charge in [-0.05, 0) is 88.9 Å². The minimum atomic E-state index is -0.937. The van der Waals surface area contributed by atoms with Gasteiger partial charge < -0.3 is 24.1 Å². The van der Waals surface area contributed by atoms with Crippen LogP contribution >= 0.6 is 0 Å². The van der Waals surface area contributed by atoms with E-state index in [2.05, 4.69) is 19.1 Å². The van der Waals surface area contributed by atoms with Crippen LogP contribution in [0.5, 0.6) is 0 Å². The molecule has 4 aliphatic rings. The molecule has 0 radical (unpaired) electrons. The monoisotopic (exact) mass is 564 g/mol. The second-order valence-corrected chi connectivity index (χ2v) is 12.5. The van der Waals surface area contributed by atoms with Gasteiger partial charge in [0.1, 0.15) is 6.17 Å². The van der Waals surface area contributed by atoms with E-state index in [-0.39, 0.29) is 48.5 Å². The van der Waals surface area contributed by atoms with Crippen molar-refractivity contribution in [2.45, 2.75) is 147 Å². The van der Waals surface area contributed by atoms with Gasteiger partial charge in [-0.25, -0.2) is 4.39 Å². The van der Waals surface area contributed by atoms with E-state index < -0.39 is 12.1 Å². The first-order valence-electron chi connectivity index (χ1n) is 16.2. The number of hydrogen-bond acceptors (Lipinski definition) is 5. The summed E-state index contributed by atoms with van der Waals surface area (Å²) in [5, 5.41) is 8.87. The lowest BCUT2D eigenvalue weighted by Crippen LogP contribution is -2.45. The van der Waals surface area contributed by atoms with Crippen molar-refractivity contribution < 1.29 is 33.2 Å². The van der Waals surface area contributed by atoms with Crippen LogP contribution in [-0.2, 0) is 23.7 Å². The molecular weight excluding hydrogens is 511 g/mol. The van der Waals surface area contributed by atoms with Crippen LogP contribution in [0.2, 0.25) is 0 Å². The molecule has 3 unspecified atom stereocenters. The van der Waals surface area contributed by atoms with E-state index in [0.717, 1.165) is 58.0 Å². The summed E-state index contributed by atoms with van der Waals surface area (Å²) in [5.74, 6) is -0.961. The molecule has 2 saturated carbocycles. The number of ether oxygens (including phenoxy) is 4. The lowest BCUT2D eigenvalue weighted by atomic mass is 9.62. The molecule has 2 heterocycles. The molecule has 4 fully saturated rings. The summed E-state index contributed by atoms with van der Waals surface area (Å²) in [5.41, 5.74) is 0.224. The van der Waals surface area contributed by atoms with E-state index in [4.69, 9.17) is 24.1 Å². The zero-order valence-corrected chi connectivity index (χ0v) is 24.7. The van der Waals surface area contributed by atoms with Gasteiger partial charge in [0.05, 0.1) is 12.2 Å². The SMILES string of the molecule is CCCC1(C(CC=C[C@@H]2[C@@H](CC=CCCCC(=O)O)[C@@H](F)C[C@H]2OC2CCCCO2)OC2CCCCO2)CCC1. The third kappa shape index (κ3) is 9.11. The van der Waals surface area contributed by atoms with Crippen LogP contribution < -0.4 is 0 Å². The first-order valence-corrected chi connectivity index (χ1v) is 16.2. The van der Waals surface area contributed by atoms with Crippen molar-refractivity contribution in [3.8, 4) is 0 Å². The van der Waals surface area contributed by atoms with Crippen molar-refractivity contribution in [2.75, 3.05) is 13.2 Å². The Morgan fingerprint density at radius 2 is 1.80 bits per heavy atom. The molecule has 0 spiro atoms. The van der Waals surface area contributed by atoms with Gasteiger partial charge in [0.2, 0.25) is 0 Å². The van der Waals surface area contributed by atoms with E-state index in [1.807, 2.05) is 12.2 Å². The van der Waals surface area contributed by atoms with E-state index in [1.54, 1.807) is 0 Å². The van der Waals surface area contributed by atoms with Crippen molar-refractivity contribution >= 4 is 5.97 Å². The topological polar surface area (TPSA) is 74.2 Å². The maximum absolute atomic E-state index is 15.5. The number of halogens is 1. The largest absolute Gasteiger partial charge is 0.481 e. The Hall–Kier alpha value is -1.28. The van der Waals surface area contributed by atoms with Crippen molar-refractivity contribution in [3.63, 3.8) is 0 Å². The van der Waals surface area contributed by atoms with E-state index in [0.29, 0.717) is 32.3 Å². The van der Waals surface area contributed by atoms with E-state index in [1.165, 1.54) is 25.7 Å². The summed E-state index contributed by atoms with van der Waals surface area (Å²) in [7, 11) is 0. The molecule has 7 heteroatoms. The fraction of sp³-hybridized carbons (Fsp3) is 0.848. The van der Waals surface area contributed by atoms with Crippen LogP contribution in [0.4, 0.5) is 4.39 Å². The Morgan fingerprint density at radius 1 is 1.05 bits per heavy atom. The zero-order chi connectivity index (χ0) is 28.2. The molecule has 1 N–H and O–H groups in total. The summed E-state index contributed by atoms with van der Waals surface area (Å²) in [6, 6.07) is 0. The molecule has 0 bridgehead atoms. The zero-order valence-electron chi connectivity index (χ0n) is 24.7. The minimum Gasteiger partial charge on any atom is -0.481 e. The maximum Gasteiger partial charge on any atom is 0.303 e. The van der Waals surface area contributed by atoms with Gasteiger partial charge in [-0.1, -0.05) is 44.1 Å². The van der Waals surface area contributed by atoms with E-state index in [9.17, 15) is 4.79 Å². The third-order valence-electron chi connectivity index (χ3n) is 9.59. The highest BCUT2D eigenvalue weighted by Gasteiger charge is 2.46. The second-order valence-electron chi connectivity index (χ2n) is 12.5. The van der Waals surface area contributed by atoms with Crippen LogP contribution in [0.1, 0.15) is 116 Å². The normalized spacial score (nSPS) is 33.4. The number of carboxylic acid groups (broad SMARTS) is 1. The molecule has 4 rings (SSSR count). The Labute approximate surface area is 241 Å². The van der Waals surface area contributed by atoms with E-state index >= 15 is 4.39 Å². The van der Waals surface area contributed by atoms with Crippen molar-refractivity contribution in [1.29, 1.82) is 0 Å². The molecule has 2 aliphatic carbocycles. The molecule has 6 nitrogen and oxygen atoms in total. The summed E-state index contributed by atoms with van der Waals surface area (Å²) in [6.07, 6.45) is 22.7. The number of rotatable bonds is 16. The highest BCUT2D eigenvalue weighted by atomic mass is 19.1. The van der Waals surface area contributed by atoms with Gasteiger partial charge in [-0.15, -0.1) is 0 Å². The molecule has 40 heavy (non-hydrogen) atoms. The van der Waals surface area contributed by atoms with Gasteiger partial charge >= 0.3 is 5.97 Å². The van der Waals surface area contributed by atoms with Crippen LogP contribution in [-0.4, -0.2) is 55.2 Å². The second kappa shape index (κ2) is 16.4. The van der Waals surface area contributed by atoms with Gasteiger partial charge in [0.25, 0.3) is 0 Å². The third-order valence-corrected chi connectivity index (χ3v) is 9.59. The lowest BCUT2D eigenvalue weighted by Gasteiger charge is -2.48. The fourth-order valence-corrected chi connectivity index (χ4v) is 7.22. The van der Waals surface area contributed by atoms with Crippen molar-refractivity contribution in [3.05, 3.63) is 24.3 Å². The predicted molar refractivity (Wildman–Crippen MR) is 154 cm³/mol. The number of allylic oxidation sites excluding steroid dienone is 2. The molecule has 2 saturated heterocycles. The summed E-state index contributed by atoms with van der Waals surface area (Å²) in [6.45, 7) is 3.75. The number of carboxylic acids is 1. The maximum atomic E-state index is 15.5. The van der Waals surface area contributed by atoms with Crippen molar-refractivity contribution in [2.24, 2.45) is 17.3 Å². The Morgan fingerprint density at radius 3 is 2.42 bits per heavy atom. The minimum absolute atomic E-state index is 0.0284. The molecule has 0 amide bonds. The van der Waals surface area contributed by atoms with Gasteiger partial charge in [0.15, 0.2) is 12.6 Å². The molecule has 228 valence electrons. The number of aliphatic carboxylic acids is 1. The lowest BCUT2D eigenvalue weighted by molar-refractivity contribution is -0.223. The highest BCUT2D eigenvalue weighted by molar-refractivity contribution is 5.66. The fourth-order valence-electron chi connectivity index (χ4n) is 7.22. The standard InChI is InChI=1S/C33H53FO6/c1-2-19-33(20-12-21-33)29(40-32-18-8-10-23-38-32)15-11-14-26-25(13-5-3-4-6-16-30(35)36)27(34)24-28(26)39-31-17-7-9-22-37-31/h3,5,11,14,25-29,31-32H,2,4,6-10,12-13,15-24H2,1H3,(H,35,36)/t25-,26-,27+,28-,29?,31?,32?/m1/s1. The van der Waals surface area contributed by atoms with Crippen LogP contribution in [0.15, 0.2) is 24.3 Å². The molecule has 2 aliphatic heterocycles. The molecular formula is C33H53FO6. The highest BCUT2D eigenvalue weighted by Crippen LogP contribution is 2.50. The number of hydrogen-bond donors (Lipinski definition) is 1. The van der Waals surface area contributed by atoms with Crippen LogP contribution in [0.3, 0.4) is 0 Å². The van der Waals surface area contributed by atoms with Crippen LogP contribution in [0.25, 0.3) is 0 Å². The average Bonchev–Trinajstić information content (AvgIpc) is 3.22. The average molecular weight is 565 g/mol. The quantitative estimate of drug-likeness (QED) is 0.152. The van der Waals surface area contributed by atoms with Crippen LogP contribution in [0, 0.1) is 17.3 Å². The summed E-state index contributed by atoms with van der Waals surface area (Å²) < 4.78 is 40.4. The molecule has 0 aromatic carbocycles. The number of alkyl halides is 1. The molecule has 0 aromatic rings. The predicted octanol–water partition coefficient (Wildman–Crippen LogP) is 7.90. The van der Waals surface area contributed by atoms with Gasteiger partial charge in [-0.3, -0.25) is 4.79 Å². The Bertz CT molecular complexity index is 799. The summed E-state index contributed by atoms with van der Waals surface area (Å²) in [4.78, 5) is 10.8. The smallest absolute Gasteiger partial charge is 0.303 e.